The molecule has 0 aromatic carbocycles. The number of nitrogens with zero attached hydrogens (tertiary/aromatic N) is 2. The van der Waals surface area contributed by atoms with Crippen molar-refractivity contribution in [1.29, 1.82) is 5.26 Å². The van der Waals surface area contributed by atoms with Gasteiger partial charge in [0.15, 0.2) is 0 Å². The van der Waals surface area contributed by atoms with Crippen molar-refractivity contribution < 1.29 is 14.6 Å². The minimum Gasteiger partial charge on any atom is -0.493 e. The molecule has 0 unspecified atom stereocenters. The van der Waals surface area contributed by atoms with Gasteiger partial charge in [0, 0.05) is 17.4 Å². The molecule has 0 saturated carbocycles. The van der Waals surface area contributed by atoms with Gasteiger partial charge in [0.2, 0.25) is 5.88 Å². The first-order valence-corrected chi connectivity index (χ1v) is 5.07. The molecule has 0 fully saturated rings. The summed E-state index contributed by atoms with van der Waals surface area (Å²) in [6.45, 7) is 8.12. The number of ether oxygens (including phenoxy) is 1. The van der Waals surface area contributed by atoms with E-state index >= 15 is 0 Å². The first-order valence-electron chi connectivity index (χ1n) is 5.07. The summed E-state index contributed by atoms with van der Waals surface area (Å²) in [6.07, 6.45) is 0. The lowest BCUT2D eigenvalue weighted by atomic mass is 10.2. The molecule has 18 heavy (non-hydrogen) atoms. The molecule has 6 heteroatoms. The number of esters is 1. The van der Waals surface area contributed by atoms with Crippen molar-refractivity contribution in [2.75, 3.05) is 6.61 Å². The molecule has 94 valence electrons. The van der Waals surface area contributed by atoms with Crippen LogP contribution in [0, 0.1) is 11.3 Å². The first-order chi connectivity index (χ1) is 8.40. The summed E-state index contributed by atoms with van der Waals surface area (Å²) in [7, 11) is 0. The lowest BCUT2D eigenvalue weighted by Gasteiger charge is -2.10. The highest BCUT2D eigenvalue weighted by Crippen LogP contribution is 2.07. The predicted octanol–water partition coefficient (Wildman–Crippen LogP) is -1.19. The molecule has 6 nitrogen and oxygen atoms in total. The van der Waals surface area contributed by atoms with E-state index < -0.39 is 17.4 Å². The number of hydrogen-bond acceptors (Lipinski definition) is 5. The second-order valence-electron chi connectivity index (χ2n) is 3.56. The lowest BCUT2D eigenvalue weighted by molar-refractivity contribution is -0.141. The van der Waals surface area contributed by atoms with E-state index in [1.165, 1.54) is 6.92 Å². The van der Waals surface area contributed by atoms with Crippen molar-refractivity contribution in [2.24, 2.45) is 0 Å². The zero-order valence-corrected chi connectivity index (χ0v) is 9.89. The summed E-state index contributed by atoms with van der Waals surface area (Å²) in [4.78, 5) is 22.4. The Kier molecular flexibility index (Phi) is 3.89. The molecule has 0 aliphatic heterocycles. The monoisotopic (exact) mass is 248 g/mol. The quantitative estimate of drug-likeness (QED) is 0.679. The molecule has 0 saturated heterocycles. The fourth-order valence-corrected chi connectivity index (χ4v) is 1.41. The third-order valence-electron chi connectivity index (χ3n) is 2.38. The predicted molar refractivity (Wildman–Crippen MR) is 64.0 cm³/mol. The fourth-order valence-electron chi connectivity index (χ4n) is 1.41. The Bertz CT molecular complexity index is 682. The molecular formula is C12H12N2O4. The molecule has 0 amide bonds. The van der Waals surface area contributed by atoms with E-state index in [1.54, 1.807) is 6.07 Å². The highest BCUT2D eigenvalue weighted by Gasteiger charge is 2.12. The molecule has 1 N–H and O–H groups in total. The van der Waals surface area contributed by atoms with Crippen LogP contribution in [0.25, 0.3) is 13.2 Å². The van der Waals surface area contributed by atoms with Crippen molar-refractivity contribution >= 4 is 19.1 Å². The van der Waals surface area contributed by atoms with Gasteiger partial charge < -0.3 is 9.84 Å². The number of carbonyl (C=O) groups excluding carboxylic acids is 1. The number of aromatic nitrogens is 1. The van der Waals surface area contributed by atoms with Gasteiger partial charge in [0.1, 0.15) is 18.2 Å². The maximum absolute atomic E-state index is 11.8. The van der Waals surface area contributed by atoms with Gasteiger partial charge in [-0.3, -0.25) is 14.2 Å². The van der Waals surface area contributed by atoms with E-state index in [2.05, 4.69) is 17.9 Å². The number of pyridine rings is 1. The standard InChI is InChI=1S/C12H12N2O4/c1-7-8(2)11(16)14(4-5-18-9(3)15)12(17)10(7)6-13/h17H,1-2,4-5H2,3H3. The van der Waals surface area contributed by atoms with Crippen LogP contribution < -0.4 is 16.0 Å². The number of aromatic hydroxyl groups is 1. The van der Waals surface area contributed by atoms with Gasteiger partial charge >= 0.3 is 5.97 Å². The van der Waals surface area contributed by atoms with E-state index in [0.29, 0.717) is 0 Å². The number of carbonyl (C=O) groups is 1. The van der Waals surface area contributed by atoms with Gasteiger partial charge in [0.05, 0.1) is 6.54 Å². The van der Waals surface area contributed by atoms with E-state index in [4.69, 9.17) is 5.26 Å². The van der Waals surface area contributed by atoms with Gasteiger partial charge in [-0.2, -0.15) is 5.26 Å². The van der Waals surface area contributed by atoms with Crippen LogP contribution in [0.5, 0.6) is 5.88 Å². The number of hydrogen-bond donors (Lipinski definition) is 1. The Labute approximate surface area is 103 Å². The van der Waals surface area contributed by atoms with Crippen LogP contribution in [0.2, 0.25) is 0 Å². The molecule has 0 radical (unpaired) electrons. The average molecular weight is 248 g/mol. The first kappa shape index (κ1) is 13.5. The highest BCUT2D eigenvalue weighted by molar-refractivity contribution is 5.65. The van der Waals surface area contributed by atoms with E-state index in [1.807, 2.05) is 0 Å². The summed E-state index contributed by atoms with van der Waals surface area (Å²) in [5.41, 5.74) is -0.675. The molecule has 0 spiro atoms. The van der Waals surface area contributed by atoms with E-state index in [-0.39, 0.29) is 29.2 Å². The van der Waals surface area contributed by atoms with E-state index in [0.717, 1.165) is 4.57 Å². The maximum Gasteiger partial charge on any atom is 0.302 e. The van der Waals surface area contributed by atoms with Crippen LogP contribution in [0.15, 0.2) is 4.79 Å². The van der Waals surface area contributed by atoms with Crippen molar-refractivity contribution in [2.45, 2.75) is 13.5 Å². The van der Waals surface area contributed by atoms with Gasteiger partial charge in [-0.15, -0.1) is 0 Å². The van der Waals surface area contributed by atoms with Gasteiger partial charge in [-0.05, 0) is 0 Å². The SMILES string of the molecule is C=c1c(C#N)c(O)n(CCOC(C)=O)c(=O)c1=C. The van der Waals surface area contributed by atoms with Crippen molar-refractivity contribution in [3.63, 3.8) is 0 Å². The van der Waals surface area contributed by atoms with Crippen LogP contribution in [0.4, 0.5) is 0 Å². The summed E-state index contributed by atoms with van der Waals surface area (Å²) >= 11 is 0. The molecule has 1 rings (SSSR count). The van der Waals surface area contributed by atoms with Crippen LogP contribution in [-0.2, 0) is 16.1 Å². The van der Waals surface area contributed by atoms with Crippen LogP contribution >= 0.6 is 0 Å². The smallest absolute Gasteiger partial charge is 0.302 e. The zero-order valence-electron chi connectivity index (χ0n) is 9.89. The Morgan fingerprint density at radius 2 is 2.11 bits per heavy atom. The number of nitriles is 1. The Morgan fingerprint density at radius 3 is 2.61 bits per heavy atom. The van der Waals surface area contributed by atoms with Gasteiger partial charge in [-0.1, -0.05) is 13.2 Å². The van der Waals surface area contributed by atoms with Gasteiger partial charge in [-0.25, -0.2) is 0 Å². The normalized spacial score (nSPS) is 9.78. The molecule has 0 aliphatic carbocycles. The largest absolute Gasteiger partial charge is 0.493 e. The summed E-state index contributed by atoms with van der Waals surface area (Å²) in [6, 6.07) is 1.75. The van der Waals surface area contributed by atoms with Crippen molar-refractivity contribution in [1.82, 2.24) is 4.57 Å². The minimum atomic E-state index is -0.566. The maximum atomic E-state index is 11.8. The summed E-state index contributed by atoms with van der Waals surface area (Å²) < 4.78 is 5.60. The molecule has 1 heterocycles. The molecule has 1 aromatic rings. The Morgan fingerprint density at radius 1 is 1.50 bits per heavy atom. The lowest BCUT2D eigenvalue weighted by Crippen LogP contribution is -2.45. The van der Waals surface area contributed by atoms with Crippen LogP contribution in [0.3, 0.4) is 0 Å². The highest BCUT2D eigenvalue weighted by atomic mass is 16.5. The van der Waals surface area contributed by atoms with Crippen molar-refractivity contribution in [3.05, 3.63) is 26.4 Å². The summed E-state index contributed by atoms with van der Waals surface area (Å²) in [5.74, 6) is -0.987. The third kappa shape index (κ3) is 2.40. The number of rotatable bonds is 3. The van der Waals surface area contributed by atoms with Crippen LogP contribution in [-0.4, -0.2) is 22.2 Å². The fraction of sp³-hybridized carbons (Fsp3) is 0.250. The second-order valence-corrected chi connectivity index (χ2v) is 3.56. The molecule has 1 aromatic heterocycles. The topological polar surface area (TPSA) is 92.3 Å². The van der Waals surface area contributed by atoms with E-state index in [9.17, 15) is 14.7 Å². The summed E-state index contributed by atoms with van der Waals surface area (Å²) in [5, 5.41) is 18.8. The molecule has 0 atom stereocenters. The Hall–Kier alpha value is -2.55. The van der Waals surface area contributed by atoms with Gasteiger partial charge in [0.25, 0.3) is 5.56 Å². The molecule has 0 bridgehead atoms. The van der Waals surface area contributed by atoms with Crippen LogP contribution in [0.1, 0.15) is 12.5 Å². The zero-order chi connectivity index (χ0) is 13.9. The minimum absolute atomic E-state index is 0.0344. The third-order valence-corrected chi connectivity index (χ3v) is 2.38. The Balaban J connectivity index is 3.30. The average Bonchev–Trinajstić information content (AvgIpc) is 2.31. The van der Waals surface area contributed by atoms with Crippen molar-refractivity contribution in [3.8, 4) is 11.9 Å². The molecule has 0 aliphatic rings. The molecular weight excluding hydrogens is 236 g/mol. The second kappa shape index (κ2) is 5.19.